The number of hydrogen-bond acceptors (Lipinski definition) is 3. The standard InChI is InChI=1S/C24H29N7.HI/c1-2-25-24(26-13-5-15-31-16-6-14-29-31)27-17-20-9-11-21(12-10-20)18-30-19-28-22-7-3-4-8-23(22)30;/h3-4,6-12,14,16,19H,2,5,13,15,17-18H2,1H3,(H2,25,26,27);1H. The normalized spacial score (nSPS) is 11.3. The SMILES string of the molecule is CCNC(=NCc1ccc(Cn2cnc3ccccc32)cc1)NCCCn1cccn1.I. The Morgan fingerprint density at radius 2 is 1.81 bits per heavy atom. The van der Waals surface area contributed by atoms with Crippen LogP contribution >= 0.6 is 24.0 Å². The lowest BCUT2D eigenvalue weighted by Crippen LogP contribution is -2.38. The Kier molecular flexibility index (Phi) is 9.09. The number of aliphatic imine (C=N–C) groups is 1. The van der Waals surface area contributed by atoms with Crippen molar-refractivity contribution >= 4 is 41.0 Å². The fraction of sp³-hybridized carbons (Fsp3) is 0.292. The van der Waals surface area contributed by atoms with Gasteiger partial charge in [0.05, 0.1) is 23.9 Å². The van der Waals surface area contributed by atoms with Gasteiger partial charge >= 0.3 is 0 Å². The minimum atomic E-state index is 0. The van der Waals surface area contributed by atoms with Crippen LogP contribution in [0.2, 0.25) is 0 Å². The third-order valence-corrected chi connectivity index (χ3v) is 5.08. The Balaban J connectivity index is 0.00000289. The Bertz CT molecular complexity index is 1100. The molecule has 0 radical (unpaired) electrons. The zero-order valence-corrected chi connectivity index (χ0v) is 20.6. The molecule has 4 aromatic rings. The molecule has 0 saturated heterocycles. The van der Waals surface area contributed by atoms with Crippen LogP contribution in [0.4, 0.5) is 0 Å². The number of hydrogen-bond donors (Lipinski definition) is 2. The average Bonchev–Trinajstić information content (AvgIpc) is 3.46. The number of halogens is 1. The summed E-state index contributed by atoms with van der Waals surface area (Å²) in [5.74, 6) is 0.844. The fourth-order valence-corrected chi connectivity index (χ4v) is 3.48. The van der Waals surface area contributed by atoms with E-state index in [1.165, 1.54) is 11.1 Å². The van der Waals surface area contributed by atoms with Gasteiger partial charge in [0.15, 0.2) is 5.96 Å². The van der Waals surface area contributed by atoms with Crippen LogP contribution in [-0.4, -0.2) is 38.4 Å². The molecule has 0 atom stereocenters. The summed E-state index contributed by atoms with van der Waals surface area (Å²) in [6.07, 6.45) is 6.69. The van der Waals surface area contributed by atoms with Crippen molar-refractivity contribution in [2.75, 3.05) is 13.1 Å². The van der Waals surface area contributed by atoms with Gasteiger partial charge in [-0.25, -0.2) is 9.98 Å². The van der Waals surface area contributed by atoms with Gasteiger partial charge in [-0.15, -0.1) is 24.0 Å². The Labute approximate surface area is 206 Å². The number of nitrogens with one attached hydrogen (secondary N) is 2. The molecule has 2 aromatic carbocycles. The largest absolute Gasteiger partial charge is 0.357 e. The Morgan fingerprint density at radius 1 is 1.00 bits per heavy atom. The summed E-state index contributed by atoms with van der Waals surface area (Å²) in [5.41, 5.74) is 4.62. The number of para-hydroxylation sites is 2. The topological polar surface area (TPSA) is 72.1 Å². The molecule has 0 unspecified atom stereocenters. The average molecular weight is 543 g/mol. The van der Waals surface area contributed by atoms with Gasteiger partial charge in [0.25, 0.3) is 0 Å². The third kappa shape index (κ3) is 6.56. The lowest BCUT2D eigenvalue weighted by molar-refractivity contribution is 0.570. The van der Waals surface area contributed by atoms with Crippen LogP contribution in [-0.2, 0) is 19.6 Å². The van der Waals surface area contributed by atoms with E-state index in [4.69, 9.17) is 4.99 Å². The van der Waals surface area contributed by atoms with E-state index in [2.05, 4.69) is 68.6 Å². The molecule has 2 heterocycles. The van der Waals surface area contributed by atoms with Gasteiger partial charge in [0.1, 0.15) is 0 Å². The molecule has 168 valence electrons. The molecule has 4 rings (SSSR count). The lowest BCUT2D eigenvalue weighted by atomic mass is 10.1. The summed E-state index contributed by atoms with van der Waals surface area (Å²) in [6, 6.07) is 18.8. The number of guanidine groups is 1. The highest BCUT2D eigenvalue weighted by Gasteiger charge is 2.03. The van der Waals surface area contributed by atoms with Gasteiger partial charge in [-0.3, -0.25) is 4.68 Å². The summed E-state index contributed by atoms with van der Waals surface area (Å²) >= 11 is 0. The zero-order valence-electron chi connectivity index (χ0n) is 18.3. The van der Waals surface area contributed by atoms with Crippen LogP contribution in [0.3, 0.4) is 0 Å². The van der Waals surface area contributed by atoms with E-state index in [1.54, 1.807) is 0 Å². The van der Waals surface area contributed by atoms with Crippen LogP contribution in [0, 0.1) is 0 Å². The van der Waals surface area contributed by atoms with E-state index >= 15 is 0 Å². The number of aromatic nitrogens is 4. The van der Waals surface area contributed by atoms with Crippen molar-refractivity contribution in [2.45, 2.75) is 33.0 Å². The summed E-state index contributed by atoms with van der Waals surface area (Å²) < 4.78 is 4.12. The van der Waals surface area contributed by atoms with E-state index in [-0.39, 0.29) is 24.0 Å². The minimum absolute atomic E-state index is 0. The molecule has 32 heavy (non-hydrogen) atoms. The molecular formula is C24H30IN7. The van der Waals surface area contributed by atoms with Gasteiger partial charge in [-0.1, -0.05) is 36.4 Å². The molecule has 8 heteroatoms. The maximum atomic E-state index is 4.72. The number of aryl methyl sites for hydroxylation is 1. The van der Waals surface area contributed by atoms with E-state index in [0.29, 0.717) is 6.54 Å². The third-order valence-electron chi connectivity index (χ3n) is 5.08. The molecule has 7 nitrogen and oxygen atoms in total. The molecule has 0 fully saturated rings. The highest BCUT2D eigenvalue weighted by atomic mass is 127. The van der Waals surface area contributed by atoms with Crippen molar-refractivity contribution in [1.29, 1.82) is 0 Å². The highest BCUT2D eigenvalue weighted by molar-refractivity contribution is 14.0. The molecule has 2 N–H and O–H groups in total. The van der Waals surface area contributed by atoms with Gasteiger partial charge in [-0.05, 0) is 42.7 Å². The van der Waals surface area contributed by atoms with Crippen LogP contribution < -0.4 is 10.6 Å². The molecular weight excluding hydrogens is 513 g/mol. The molecule has 0 bridgehead atoms. The van der Waals surface area contributed by atoms with E-state index in [9.17, 15) is 0 Å². The van der Waals surface area contributed by atoms with Gasteiger partial charge in [0.2, 0.25) is 0 Å². The molecule has 0 aliphatic carbocycles. The zero-order chi connectivity index (χ0) is 21.3. The number of imidazole rings is 1. The van der Waals surface area contributed by atoms with Gasteiger partial charge < -0.3 is 15.2 Å². The van der Waals surface area contributed by atoms with Gasteiger partial charge in [0, 0.05) is 38.6 Å². The second-order valence-electron chi connectivity index (χ2n) is 7.42. The smallest absolute Gasteiger partial charge is 0.191 e. The predicted octanol–water partition coefficient (Wildman–Crippen LogP) is 4.04. The van der Waals surface area contributed by atoms with E-state index < -0.39 is 0 Å². The Morgan fingerprint density at radius 3 is 2.59 bits per heavy atom. The van der Waals surface area contributed by atoms with Crippen LogP contribution in [0.1, 0.15) is 24.5 Å². The summed E-state index contributed by atoms with van der Waals surface area (Å²) in [6.45, 7) is 6.11. The second kappa shape index (κ2) is 12.2. The van der Waals surface area contributed by atoms with Crippen molar-refractivity contribution in [2.24, 2.45) is 4.99 Å². The molecule has 2 aromatic heterocycles. The van der Waals surface area contributed by atoms with Crippen LogP contribution in [0.5, 0.6) is 0 Å². The quantitative estimate of drug-likeness (QED) is 0.145. The van der Waals surface area contributed by atoms with Crippen molar-refractivity contribution in [3.8, 4) is 0 Å². The van der Waals surface area contributed by atoms with Crippen LogP contribution in [0.15, 0.2) is 78.3 Å². The van der Waals surface area contributed by atoms with Crippen molar-refractivity contribution in [1.82, 2.24) is 30.0 Å². The monoisotopic (exact) mass is 543 g/mol. The lowest BCUT2D eigenvalue weighted by Gasteiger charge is -2.11. The Hall–Kier alpha value is -2.88. The first-order valence-electron chi connectivity index (χ1n) is 10.8. The highest BCUT2D eigenvalue weighted by Crippen LogP contribution is 2.14. The number of fused-ring (bicyclic) bond motifs is 1. The predicted molar refractivity (Wildman–Crippen MR) is 140 cm³/mol. The maximum Gasteiger partial charge on any atom is 0.191 e. The molecule has 0 aliphatic rings. The van der Waals surface area contributed by atoms with Crippen molar-refractivity contribution in [3.05, 3.63) is 84.4 Å². The number of benzene rings is 2. The molecule has 0 saturated carbocycles. The number of nitrogens with zero attached hydrogens (tertiary/aromatic N) is 5. The number of rotatable bonds is 9. The van der Waals surface area contributed by atoms with Gasteiger partial charge in [-0.2, -0.15) is 5.10 Å². The van der Waals surface area contributed by atoms with Crippen molar-refractivity contribution < 1.29 is 0 Å². The summed E-state index contributed by atoms with van der Waals surface area (Å²) in [5, 5.41) is 10.9. The van der Waals surface area contributed by atoms with Crippen molar-refractivity contribution in [3.63, 3.8) is 0 Å². The molecule has 0 spiro atoms. The second-order valence-corrected chi connectivity index (χ2v) is 7.42. The summed E-state index contributed by atoms with van der Waals surface area (Å²) in [7, 11) is 0. The van der Waals surface area contributed by atoms with Crippen LogP contribution in [0.25, 0.3) is 11.0 Å². The minimum Gasteiger partial charge on any atom is -0.357 e. The fourth-order valence-electron chi connectivity index (χ4n) is 3.48. The first-order valence-corrected chi connectivity index (χ1v) is 10.8. The van der Waals surface area contributed by atoms with E-state index in [1.807, 2.05) is 41.6 Å². The molecule has 0 aliphatic heterocycles. The van der Waals surface area contributed by atoms with E-state index in [0.717, 1.165) is 49.6 Å². The molecule has 0 amide bonds. The first kappa shape index (κ1) is 23.8. The summed E-state index contributed by atoms with van der Waals surface area (Å²) in [4.78, 5) is 9.19. The maximum absolute atomic E-state index is 4.72. The first-order chi connectivity index (χ1) is 15.3.